The van der Waals surface area contributed by atoms with Crippen LogP contribution >= 0.6 is 11.3 Å². The number of hydrogen-bond acceptors (Lipinski definition) is 4. The first kappa shape index (κ1) is 12.6. The average molecular weight is 228 g/mol. The van der Waals surface area contributed by atoms with Crippen LogP contribution in [0.1, 0.15) is 30.9 Å². The van der Waals surface area contributed by atoms with Gasteiger partial charge in [-0.1, -0.05) is 0 Å². The largest absolute Gasteiger partial charge is 0.396 e. The third-order valence-corrected chi connectivity index (χ3v) is 3.11. The number of rotatable bonds is 8. The van der Waals surface area contributed by atoms with Gasteiger partial charge in [0.15, 0.2) is 0 Å². The van der Waals surface area contributed by atoms with Crippen LogP contribution in [0.5, 0.6) is 0 Å². The summed E-state index contributed by atoms with van der Waals surface area (Å²) in [4.78, 5) is 0. The standard InChI is InChI=1S/C11H20N2OS/c12-8-11(10-4-7-15-9-10)13-5-2-1-3-6-14/h4,7,9,11,13-14H,1-3,5-6,8,12H2. The molecule has 0 saturated heterocycles. The van der Waals surface area contributed by atoms with Crippen LogP contribution in [0.15, 0.2) is 16.8 Å². The maximum atomic E-state index is 8.63. The number of aliphatic hydroxyl groups is 1. The molecule has 0 aliphatic carbocycles. The van der Waals surface area contributed by atoms with E-state index in [1.54, 1.807) is 11.3 Å². The Labute approximate surface area is 95.3 Å². The Kier molecular flexibility index (Phi) is 6.59. The summed E-state index contributed by atoms with van der Waals surface area (Å²) in [5, 5.41) is 16.3. The van der Waals surface area contributed by atoms with Gasteiger partial charge in [0, 0.05) is 19.2 Å². The molecular formula is C11H20N2OS. The van der Waals surface area contributed by atoms with E-state index in [0.29, 0.717) is 13.2 Å². The van der Waals surface area contributed by atoms with Crippen molar-refractivity contribution in [3.8, 4) is 0 Å². The van der Waals surface area contributed by atoms with Crippen LogP contribution in [0, 0.1) is 0 Å². The molecule has 1 rings (SSSR count). The first-order chi connectivity index (χ1) is 7.38. The van der Waals surface area contributed by atoms with Gasteiger partial charge < -0.3 is 16.2 Å². The number of thiophene rings is 1. The highest BCUT2D eigenvalue weighted by Crippen LogP contribution is 2.15. The van der Waals surface area contributed by atoms with Crippen LogP contribution in [0.25, 0.3) is 0 Å². The summed E-state index contributed by atoms with van der Waals surface area (Å²) in [6, 6.07) is 2.40. The quantitative estimate of drug-likeness (QED) is 0.591. The average Bonchev–Trinajstić information content (AvgIpc) is 2.77. The van der Waals surface area contributed by atoms with E-state index in [9.17, 15) is 0 Å². The molecule has 4 heteroatoms. The van der Waals surface area contributed by atoms with E-state index in [1.165, 1.54) is 5.56 Å². The van der Waals surface area contributed by atoms with Crippen molar-refractivity contribution in [1.29, 1.82) is 0 Å². The topological polar surface area (TPSA) is 58.3 Å². The lowest BCUT2D eigenvalue weighted by molar-refractivity contribution is 0.282. The van der Waals surface area contributed by atoms with Crippen LogP contribution in [0.4, 0.5) is 0 Å². The van der Waals surface area contributed by atoms with Gasteiger partial charge in [0.2, 0.25) is 0 Å². The molecule has 86 valence electrons. The summed E-state index contributed by atoms with van der Waals surface area (Å²) < 4.78 is 0. The molecule has 0 spiro atoms. The molecule has 0 saturated carbocycles. The number of nitrogens with two attached hydrogens (primary N) is 1. The Morgan fingerprint density at radius 2 is 2.27 bits per heavy atom. The van der Waals surface area contributed by atoms with Crippen molar-refractivity contribution in [2.45, 2.75) is 25.3 Å². The van der Waals surface area contributed by atoms with Gasteiger partial charge in [-0.05, 0) is 48.2 Å². The summed E-state index contributed by atoms with van der Waals surface area (Å²) in [5.41, 5.74) is 6.99. The third-order valence-electron chi connectivity index (χ3n) is 2.41. The van der Waals surface area contributed by atoms with Gasteiger partial charge in [0.05, 0.1) is 0 Å². The zero-order valence-corrected chi connectivity index (χ0v) is 9.80. The summed E-state index contributed by atoms with van der Waals surface area (Å²) >= 11 is 1.70. The highest BCUT2D eigenvalue weighted by molar-refractivity contribution is 7.07. The highest BCUT2D eigenvalue weighted by atomic mass is 32.1. The summed E-state index contributed by atoms with van der Waals surface area (Å²) in [7, 11) is 0. The predicted octanol–water partition coefficient (Wildman–Crippen LogP) is 1.50. The maximum Gasteiger partial charge on any atom is 0.0452 e. The molecule has 1 aromatic heterocycles. The first-order valence-electron chi connectivity index (χ1n) is 5.45. The Morgan fingerprint density at radius 1 is 1.40 bits per heavy atom. The van der Waals surface area contributed by atoms with Crippen molar-refractivity contribution in [3.63, 3.8) is 0 Å². The molecule has 1 unspecified atom stereocenters. The van der Waals surface area contributed by atoms with Crippen molar-refractivity contribution in [3.05, 3.63) is 22.4 Å². The minimum atomic E-state index is 0.283. The Balaban J connectivity index is 2.18. The molecule has 15 heavy (non-hydrogen) atoms. The Bertz CT molecular complexity index is 239. The second-order valence-corrected chi connectivity index (χ2v) is 4.36. The molecule has 4 N–H and O–H groups in total. The van der Waals surface area contributed by atoms with E-state index >= 15 is 0 Å². The lowest BCUT2D eigenvalue weighted by Gasteiger charge is -2.15. The molecule has 1 aromatic rings. The number of aliphatic hydroxyl groups excluding tert-OH is 1. The monoisotopic (exact) mass is 228 g/mol. The van der Waals surface area contributed by atoms with E-state index in [-0.39, 0.29) is 6.04 Å². The normalized spacial score (nSPS) is 12.9. The lowest BCUT2D eigenvalue weighted by atomic mass is 10.1. The van der Waals surface area contributed by atoms with Gasteiger partial charge in [-0.2, -0.15) is 11.3 Å². The Hall–Kier alpha value is -0.420. The van der Waals surface area contributed by atoms with Crippen molar-refractivity contribution in [2.24, 2.45) is 5.73 Å². The first-order valence-corrected chi connectivity index (χ1v) is 6.39. The minimum Gasteiger partial charge on any atom is -0.396 e. The zero-order valence-electron chi connectivity index (χ0n) is 8.98. The Morgan fingerprint density at radius 3 is 2.87 bits per heavy atom. The molecule has 3 nitrogen and oxygen atoms in total. The molecule has 1 atom stereocenters. The molecule has 0 aliphatic rings. The second-order valence-electron chi connectivity index (χ2n) is 3.58. The van der Waals surface area contributed by atoms with Gasteiger partial charge in [-0.15, -0.1) is 0 Å². The van der Waals surface area contributed by atoms with E-state index in [4.69, 9.17) is 10.8 Å². The number of unbranched alkanes of at least 4 members (excludes halogenated alkanes) is 2. The van der Waals surface area contributed by atoms with Gasteiger partial charge in [0.25, 0.3) is 0 Å². The van der Waals surface area contributed by atoms with Crippen molar-refractivity contribution < 1.29 is 5.11 Å². The fraction of sp³-hybridized carbons (Fsp3) is 0.636. The van der Waals surface area contributed by atoms with Crippen LogP contribution in [-0.4, -0.2) is 24.8 Å². The van der Waals surface area contributed by atoms with Gasteiger partial charge in [-0.3, -0.25) is 0 Å². The molecule has 0 radical (unpaired) electrons. The van der Waals surface area contributed by atoms with Crippen molar-refractivity contribution in [2.75, 3.05) is 19.7 Å². The van der Waals surface area contributed by atoms with Gasteiger partial charge >= 0.3 is 0 Å². The van der Waals surface area contributed by atoms with Crippen molar-refractivity contribution >= 4 is 11.3 Å². The fourth-order valence-electron chi connectivity index (χ4n) is 1.50. The third kappa shape index (κ3) is 4.75. The molecule has 0 aliphatic heterocycles. The van der Waals surface area contributed by atoms with E-state index in [0.717, 1.165) is 25.8 Å². The SMILES string of the molecule is NCC(NCCCCCO)c1ccsc1. The summed E-state index contributed by atoms with van der Waals surface area (Å²) in [6.45, 7) is 1.90. The molecule has 1 heterocycles. The van der Waals surface area contributed by atoms with Crippen LogP contribution < -0.4 is 11.1 Å². The molecule has 0 amide bonds. The maximum absolute atomic E-state index is 8.63. The van der Waals surface area contributed by atoms with Gasteiger partial charge in [0.1, 0.15) is 0 Å². The molecule has 0 bridgehead atoms. The van der Waals surface area contributed by atoms with E-state index in [2.05, 4.69) is 22.1 Å². The lowest BCUT2D eigenvalue weighted by Crippen LogP contribution is -2.28. The summed E-state index contributed by atoms with van der Waals surface area (Å²) in [5.74, 6) is 0. The number of hydrogen-bond donors (Lipinski definition) is 3. The number of nitrogens with one attached hydrogen (secondary N) is 1. The molecule has 0 aromatic carbocycles. The predicted molar refractivity (Wildman–Crippen MR) is 65.1 cm³/mol. The highest BCUT2D eigenvalue weighted by Gasteiger charge is 2.07. The van der Waals surface area contributed by atoms with E-state index in [1.807, 2.05) is 0 Å². The molecular weight excluding hydrogens is 208 g/mol. The van der Waals surface area contributed by atoms with Crippen LogP contribution in [0.2, 0.25) is 0 Å². The summed E-state index contributed by atoms with van der Waals surface area (Å²) in [6.07, 6.45) is 3.07. The van der Waals surface area contributed by atoms with Crippen LogP contribution in [-0.2, 0) is 0 Å². The van der Waals surface area contributed by atoms with Crippen molar-refractivity contribution in [1.82, 2.24) is 5.32 Å². The minimum absolute atomic E-state index is 0.283. The van der Waals surface area contributed by atoms with Crippen LogP contribution in [0.3, 0.4) is 0 Å². The fourth-order valence-corrected chi connectivity index (χ4v) is 2.21. The second kappa shape index (κ2) is 7.82. The zero-order chi connectivity index (χ0) is 10.9. The smallest absolute Gasteiger partial charge is 0.0452 e. The van der Waals surface area contributed by atoms with E-state index < -0.39 is 0 Å². The van der Waals surface area contributed by atoms with Gasteiger partial charge in [-0.25, -0.2) is 0 Å². The molecule has 0 fully saturated rings.